The molecule has 0 bridgehead atoms. The second-order valence-corrected chi connectivity index (χ2v) is 6.92. The van der Waals surface area contributed by atoms with Gasteiger partial charge in [0.25, 0.3) is 0 Å². The maximum absolute atomic E-state index is 12.2. The molecule has 6 nitrogen and oxygen atoms in total. The highest BCUT2D eigenvalue weighted by molar-refractivity contribution is 5.76. The van der Waals surface area contributed by atoms with Gasteiger partial charge in [-0.3, -0.25) is 4.79 Å². The molecule has 2 unspecified atom stereocenters. The van der Waals surface area contributed by atoms with Crippen LogP contribution in [0, 0.1) is 11.8 Å². The van der Waals surface area contributed by atoms with Gasteiger partial charge >= 0.3 is 12.0 Å². The van der Waals surface area contributed by atoms with E-state index in [0.717, 1.165) is 6.42 Å². The zero-order valence-electron chi connectivity index (χ0n) is 15.1. The molecule has 138 valence electrons. The zero-order chi connectivity index (χ0) is 17.4. The first kappa shape index (κ1) is 19.0. The monoisotopic (exact) mass is 340 g/mol. The van der Waals surface area contributed by atoms with Crippen molar-refractivity contribution in [2.75, 3.05) is 32.8 Å². The molecule has 2 aliphatic rings. The standard InChI is InChI=1S/C18H32N2O4/c1-3-23-17(21)15-8-11-20(12-9-15)18(22)19-10-13-24-16-7-5-4-6-14(16)2/h14-16H,3-13H2,1-2H3,(H,19,22). The number of hydrogen-bond acceptors (Lipinski definition) is 4. The van der Waals surface area contributed by atoms with Crippen LogP contribution < -0.4 is 5.32 Å². The quantitative estimate of drug-likeness (QED) is 0.596. The molecule has 0 aromatic heterocycles. The number of esters is 1. The van der Waals surface area contributed by atoms with E-state index in [1.54, 1.807) is 4.90 Å². The van der Waals surface area contributed by atoms with Crippen molar-refractivity contribution in [3.05, 3.63) is 0 Å². The number of urea groups is 1. The van der Waals surface area contributed by atoms with E-state index in [0.29, 0.717) is 57.7 Å². The maximum Gasteiger partial charge on any atom is 0.317 e. The number of carbonyl (C=O) groups excluding carboxylic acids is 2. The number of likely N-dealkylation sites (tertiary alicyclic amines) is 1. The molecule has 2 fully saturated rings. The van der Waals surface area contributed by atoms with Crippen LogP contribution in [0.1, 0.15) is 52.4 Å². The Bertz CT molecular complexity index is 408. The van der Waals surface area contributed by atoms with Crippen LogP contribution in [0.3, 0.4) is 0 Å². The Morgan fingerprint density at radius 1 is 1.12 bits per heavy atom. The zero-order valence-corrected chi connectivity index (χ0v) is 15.1. The summed E-state index contributed by atoms with van der Waals surface area (Å²) in [5.41, 5.74) is 0. The minimum Gasteiger partial charge on any atom is -0.466 e. The van der Waals surface area contributed by atoms with Crippen molar-refractivity contribution in [1.29, 1.82) is 0 Å². The number of piperidine rings is 1. The molecule has 0 spiro atoms. The lowest BCUT2D eigenvalue weighted by atomic mass is 9.88. The van der Waals surface area contributed by atoms with E-state index < -0.39 is 0 Å². The van der Waals surface area contributed by atoms with Gasteiger partial charge in [-0.1, -0.05) is 19.8 Å². The third-order valence-corrected chi connectivity index (χ3v) is 5.15. The molecule has 1 saturated carbocycles. The van der Waals surface area contributed by atoms with Crippen LogP contribution in [-0.2, 0) is 14.3 Å². The highest BCUT2D eigenvalue weighted by Crippen LogP contribution is 2.26. The molecule has 2 atom stereocenters. The molecule has 2 amide bonds. The minimum atomic E-state index is -0.132. The third kappa shape index (κ3) is 5.65. The molecule has 24 heavy (non-hydrogen) atoms. The number of ether oxygens (including phenoxy) is 2. The predicted molar refractivity (Wildman–Crippen MR) is 91.7 cm³/mol. The summed E-state index contributed by atoms with van der Waals surface area (Å²) in [7, 11) is 0. The molecule has 1 aliphatic heterocycles. The molecular weight excluding hydrogens is 308 g/mol. The lowest BCUT2D eigenvalue weighted by molar-refractivity contribution is -0.149. The van der Waals surface area contributed by atoms with E-state index in [1.165, 1.54) is 19.3 Å². The van der Waals surface area contributed by atoms with Crippen LogP contribution in [0.4, 0.5) is 4.79 Å². The predicted octanol–water partition coefficient (Wildman–Crippen LogP) is 2.57. The van der Waals surface area contributed by atoms with Gasteiger partial charge in [-0.2, -0.15) is 0 Å². The second-order valence-electron chi connectivity index (χ2n) is 6.92. The minimum absolute atomic E-state index is 0.0578. The fourth-order valence-corrected chi connectivity index (χ4v) is 3.59. The van der Waals surface area contributed by atoms with E-state index in [4.69, 9.17) is 9.47 Å². The van der Waals surface area contributed by atoms with Crippen LogP contribution in [0.15, 0.2) is 0 Å². The highest BCUT2D eigenvalue weighted by atomic mass is 16.5. The van der Waals surface area contributed by atoms with Gasteiger partial charge in [-0.25, -0.2) is 4.79 Å². The van der Waals surface area contributed by atoms with Gasteiger partial charge in [0.1, 0.15) is 0 Å². The summed E-state index contributed by atoms with van der Waals surface area (Å²) < 4.78 is 11.0. The van der Waals surface area contributed by atoms with Crippen molar-refractivity contribution in [3.63, 3.8) is 0 Å². The maximum atomic E-state index is 12.2. The normalized spacial score (nSPS) is 25.3. The van der Waals surface area contributed by atoms with Crippen molar-refractivity contribution in [1.82, 2.24) is 10.2 Å². The van der Waals surface area contributed by atoms with E-state index in [1.807, 2.05) is 6.92 Å². The van der Waals surface area contributed by atoms with Gasteiger partial charge in [0.05, 0.1) is 25.2 Å². The van der Waals surface area contributed by atoms with Crippen LogP contribution in [-0.4, -0.2) is 55.9 Å². The number of nitrogens with one attached hydrogen (secondary N) is 1. The fraction of sp³-hybridized carbons (Fsp3) is 0.889. The molecule has 0 aromatic carbocycles. The van der Waals surface area contributed by atoms with Gasteiger partial charge < -0.3 is 19.7 Å². The molecule has 0 aromatic rings. The van der Waals surface area contributed by atoms with E-state index in [2.05, 4.69) is 12.2 Å². The smallest absolute Gasteiger partial charge is 0.317 e. The van der Waals surface area contributed by atoms with Crippen LogP contribution in [0.5, 0.6) is 0 Å². The molecule has 1 N–H and O–H groups in total. The number of nitrogens with zero attached hydrogens (tertiary/aromatic N) is 1. The first-order chi connectivity index (χ1) is 11.6. The highest BCUT2D eigenvalue weighted by Gasteiger charge is 2.28. The second kappa shape index (κ2) is 9.87. The summed E-state index contributed by atoms with van der Waals surface area (Å²) in [5, 5.41) is 2.92. The first-order valence-corrected chi connectivity index (χ1v) is 9.42. The van der Waals surface area contributed by atoms with Gasteiger partial charge in [0.2, 0.25) is 0 Å². The van der Waals surface area contributed by atoms with Crippen molar-refractivity contribution in [2.24, 2.45) is 11.8 Å². The summed E-state index contributed by atoms with van der Waals surface area (Å²) in [4.78, 5) is 25.6. The fourth-order valence-electron chi connectivity index (χ4n) is 3.59. The van der Waals surface area contributed by atoms with Crippen molar-refractivity contribution < 1.29 is 19.1 Å². The molecule has 6 heteroatoms. The summed E-state index contributed by atoms with van der Waals surface area (Å²) in [6.45, 7) is 6.80. The summed E-state index contributed by atoms with van der Waals surface area (Å²) in [5.74, 6) is 0.425. The van der Waals surface area contributed by atoms with Crippen LogP contribution in [0.2, 0.25) is 0 Å². The molecule has 0 radical (unpaired) electrons. The number of hydrogen-bond donors (Lipinski definition) is 1. The Morgan fingerprint density at radius 3 is 2.50 bits per heavy atom. The van der Waals surface area contributed by atoms with Gasteiger partial charge in [-0.05, 0) is 38.5 Å². The average molecular weight is 340 g/mol. The van der Waals surface area contributed by atoms with E-state index in [9.17, 15) is 9.59 Å². The van der Waals surface area contributed by atoms with Gasteiger partial charge in [0.15, 0.2) is 0 Å². The molecule has 2 rings (SSSR count). The molecule has 1 saturated heterocycles. The Morgan fingerprint density at radius 2 is 1.83 bits per heavy atom. The third-order valence-electron chi connectivity index (χ3n) is 5.15. The van der Waals surface area contributed by atoms with Crippen molar-refractivity contribution in [2.45, 2.75) is 58.5 Å². The Hall–Kier alpha value is -1.30. The topological polar surface area (TPSA) is 67.9 Å². The average Bonchev–Trinajstić information content (AvgIpc) is 2.60. The van der Waals surface area contributed by atoms with Crippen molar-refractivity contribution >= 4 is 12.0 Å². The molecule has 1 heterocycles. The van der Waals surface area contributed by atoms with E-state index in [-0.39, 0.29) is 17.9 Å². The van der Waals surface area contributed by atoms with Crippen molar-refractivity contribution in [3.8, 4) is 0 Å². The molecular formula is C18H32N2O4. The molecule has 1 aliphatic carbocycles. The first-order valence-electron chi connectivity index (χ1n) is 9.42. The summed E-state index contributed by atoms with van der Waals surface area (Å²) in [6, 6.07) is -0.0578. The number of rotatable bonds is 6. The summed E-state index contributed by atoms with van der Waals surface area (Å²) in [6.07, 6.45) is 6.64. The number of carbonyl (C=O) groups is 2. The van der Waals surface area contributed by atoms with Gasteiger partial charge in [-0.15, -0.1) is 0 Å². The summed E-state index contributed by atoms with van der Waals surface area (Å²) >= 11 is 0. The van der Waals surface area contributed by atoms with Gasteiger partial charge in [0, 0.05) is 19.6 Å². The Labute approximate surface area is 145 Å². The lowest BCUT2D eigenvalue weighted by Gasteiger charge is -2.31. The largest absolute Gasteiger partial charge is 0.466 e. The van der Waals surface area contributed by atoms with Crippen LogP contribution >= 0.6 is 0 Å². The Balaban J connectivity index is 1.59. The lowest BCUT2D eigenvalue weighted by Crippen LogP contribution is -2.46. The SMILES string of the molecule is CCOC(=O)C1CCN(C(=O)NCCOC2CCCCC2C)CC1. The Kier molecular flexibility index (Phi) is 7.82. The van der Waals surface area contributed by atoms with E-state index >= 15 is 0 Å². The van der Waals surface area contributed by atoms with Crippen LogP contribution in [0.25, 0.3) is 0 Å². The number of amides is 2.